The summed E-state index contributed by atoms with van der Waals surface area (Å²) in [7, 11) is 0. The van der Waals surface area contributed by atoms with E-state index in [0.717, 1.165) is 22.0 Å². The van der Waals surface area contributed by atoms with Gasteiger partial charge in [-0.05, 0) is 49.6 Å². The number of aryl methyl sites for hydroxylation is 1. The quantitative estimate of drug-likeness (QED) is 0.457. The van der Waals surface area contributed by atoms with Crippen LogP contribution in [0.15, 0.2) is 51.7 Å². The minimum Gasteiger partial charge on any atom is -0.484 e. The summed E-state index contributed by atoms with van der Waals surface area (Å²) in [6, 6.07) is 12.7. The highest BCUT2D eigenvalue weighted by atomic mass is 16.5. The maximum absolute atomic E-state index is 12.6. The van der Waals surface area contributed by atoms with Crippen molar-refractivity contribution in [3.8, 4) is 5.75 Å². The van der Waals surface area contributed by atoms with Gasteiger partial charge in [0.05, 0.1) is 17.1 Å². The van der Waals surface area contributed by atoms with Crippen LogP contribution in [0.3, 0.4) is 0 Å². The van der Waals surface area contributed by atoms with Gasteiger partial charge in [-0.3, -0.25) is 4.79 Å². The number of rotatable bonds is 6. The second-order valence-corrected chi connectivity index (χ2v) is 8.01. The van der Waals surface area contributed by atoms with Crippen molar-refractivity contribution in [2.24, 2.45) is 5.92 Å². The Bertz CT molecular complexity index is 1290. The number of para-hydroxylation sites is 2. The number of nitrogens with one attached hydrogen (secondary N) is 2. The number of carbonyl (C=O) groups excluding carboxylic acids is 1. The number of hydrogen-bond donors (Lipinski definition) is 2. The third-order valence-electron chi connectivity index (χ3n) is 5.48. The van der Waals surface area contributed by atoms with E-state index in [4.69, 9.17) is 9.15 Å². The summed E-state index contributed by atoms with van der Waals surface area (Å²) < 4.78 is 11.0. The second kappa shape index (κ2) is 8.26. The Morgan fingerprint density at radius 1 is 1.16 bits per heavy atom. The molecule has 0 spiro atoms. The first-order chi connectivity index (χ1) is 14.8. The fraction of sp³-hybridized carbons (Fsp3) is 0.292. The number of ether oxygens (including phenoxy) is 1. The zero-order valence-corrected chi connectivity index (χ0v) is 18.0. The van der Waals surface area contributed by atoms with Crippen LogP contribution in [0.5, 0.6) is 5.75 Å². The van der Waals surface area contributed by atoms with Crippen molar-refractivity contribution in [2.45, 2.75) is 33.7 Å². The largest absolute Gasteiger partial charge is 0.484 e. The van der Waals surface area contributed by atoms with Crippen LogP contribution in [0.1, 0.15) is 36.8 Å². The van der Waals surface area contributed by atoms with Crippen molar-refractivity contribution in [3.63, 3.8) is 0 Å². The van der Waals surface area contributed by atoms with Crippen molar-refractivity contribution in [1.82, 2.24) is 15.3 Å². The van der Waals surface area contributed by atoms with Crippen molar-refractivity contribution >= 4 is 27.9 Å². The monoisotopic (exact) mass is 419 g/mol. The first-order valence-electron chi connectivity index (χ1n) is 10.2. The Kier molecular flexibility index (Phi) is 5.50. The number of nitrogens with zero attached hydrogens (tertiary/aromatic N) is 1. The molecule has 1 amide bonds. The van der Waals surface area contributed by atoms with Crippen LogP contribution in [-0.2, 0) is 4.79 Å². The molecule has 7 heteroatoms. The number of hydrogen-bond acceptors (Lipinski definition) is 5. The summed E-state index contributed by atoms with van der Waals surface area (Å²) in [5.74, 6) is 1.04. The highest BCUT2D eigenvalue weighted by molar-refractivity contribution is 5.83. The number of aromatic nitrogens is 2. The maximum Gasteiger partial charge on any atom is 0.339 e. The number of H-pyrrole nitrogens is 1. The summed E-state index contributed by atoms with van der Waals surface area (Å²) in [6.07, 6.45) is 0. The highest BCUT2D eigenvalue weighted by Crippen LogP contribution is 2.25. The van der Waals surface area contributed by atoms with Gasteiger partial charge >= 0.3 is 5.63 Å². The molecule has 4 rings (SSSR count). The fourth-order valence-corrected chi connectivity index (χ4v) is 3.55. The molecule has 0 fully saturated rings. The molecule has 0 saturated carbocycles. The van der Waals surface area contributed by atoms with Gasteiger partial charge in [0.1, 0.15) is 17.2 Å². The Balaban J connectivity index is 1.47. The molecule has 2 aromatic carbocycles. The van der Waals surface area contributed by atoms with E-state index in [9.17, 15) is 9.59 Å². The maximum atomic E-state index is 12.6. The van der Waals surface area contributed by atoms with Crippen LogP contribution < -0.4 is 15.7 Å². The zero-order chi connectivity index (χ0) is 22.1. The summed E-state index contributed by atoms with van der Waals surface area (Å²) in [5.41, 5.74) is 3.32. The van der Waals surface area contributed by atoms with E-state index >= 15 is 0 Å². The molecule has 0 bridgehead atoms. The van der Waals surface area contributed by atoms with E-state index in [-0.39, 0.29) is 30.1 Å². The molecule has 7 nitrogen and oxygen atoms in total. The second-order valence-electron chi connectivity index (χ2n) is 8.01. The van der Waals surface area contributed by atoms with Gasteiger partial charge < -0.3 is 19.5 Å². The lowest BCUT2D eigenvalue weighted by molar-refractivity contribution is -0.124. The van der Waals surface area contributed by atoms with Crippen LogP contribution in [0, 0.1) is 19.8 Å². The summed E-state index contributed by atoms with van der Waals surface area (Å²) in [4.78, 5) is 32.4. The number of amides is 1. The number of fused-ring (bicyclic) bond motifs is 2. The molecule has 160 valence electrons. The first-order valence-corrected chi connectivity index (χ1v) is 10.2. The molecule has 0 aliphatic heterocycles. The number of imidazole rings is 1. The average molecular weight is 419 g/mol. The van der Waals surface area contributed by atoms with Gasteiger partial charge in [0.15, 0.2) is 6.61 Å². The van der Waals surface area contributed by atoms with Gasteiger partial charge in [-0.1, -0.05) is 26.0 Å². The predicted molar refractivity (Wildman–Crippen MR) is 119 cm³/mol. The van der Waals surface area contributed by atoms with Crippen molar-refractivity contribution in [3.05, 3.63) is 69.8 Å². The Morgan fingerprint density at radius 2 is 1.94 bits per heavy atom. The molecule has 4 aromatic rings. The average Bonchev–Trinajstić information content (AvgIpc) is 3.18. The van der Waals surface area contributed by atoms with E-state index in [1.807, 2.05) is 51.1 Å². The zero-order valence-electron chi connectivity index (χ0n) is 18.0. The molecule has 0 radical (unpaired) electrons. The summed E-state index contributed by atoms with van der Waals surface area (Å²) in [5, 5.41) is 3.84. The van der Waals surface area contributed by atoms with Gasteiger partial charge in [-0.25, -0.2) is 9.78 Å². The Labute approximate surface area is 179 Å². The fourth-order valence-electron chi connectivity index (χ4n) is 3.55. The van der Waals surface area contributed by atoms with Crippen molar-refractivity contribution in [2.75, 3.05) is 6.61 Å². The van der Waals surface area contributed by atoms with Gasteiger partial charge in [-0.2, -0.15) is 0 Å². The third kappa shape index (κ3) is 4.17. The van der Waals surface area contributed by atoms with E-state index < -0.39 is 0 Å². The first kappa shape index (κ1) is 20.7. The lowest BCUT2D eigenvalue weighted by Crippen LogP contribution is -2.35. The number of aromatic amines is 1. The van der Waals surface area contributed by atoms with Crippen molar-refractivity contribution in [1.29, 1.82) is 0 Å². The number of carbonyl (C=O) groups is 1. The van der Waals surface area contributed by atoms with Crippen LogP contribution in [0.25, 0.3) is 22.0 Å². The predicted octanol–water partition coefficient (Wildman–Crippen LogP) is 4.18. The topological polar surface area (TPSA) is 97.2 Å². The third-order valence-corrected chi connectivity index (χ3v) is 5.48. The van der Waals surface area contributed by atoms with Crippen LogP contribution in [-0.4, -0.2) is 22.5 Å². The van der Waals surface area contributed by atoms with E-state index in [1.165, 1.54) is 0 Å². The highest BCUT2D eigenvalue weighted by Gasteiger charge is 2.22. The standard InChI is InChI=1S/C24H25N3O4/c1-13(2)22(23-25-18-7-5-6-8-19(18)26-23)27-21(28)12-30-16-9-10-17-14(3)15(4)24(29)31-20(17)11-16/h5-11,13,22H,12H2,1-4H3,(H,25,26)(H,27,28)/t22-/m1/s1. The Morgan fingerprint density at radius 3 is 2.68 bits per heavy atom. The SMILES string of the molecule is Cc1c(C)c2ccc(OCC(=O)N[C@@H](c3nc4ccccc4[nH]3)C(C)C)cc2oc1=O. The molecule has 2 N–H and O–H groups in total. The molecular weight excluding hydrogens is 394 g/mol. The smallest absolute Gasteiger partial charge is 0.339 e. The van der Waals surface area contributed by atoms with Gasteiger partial charge in [-0.15, -0.1) is 0 Å². The van der Waals surface area contributed by atoms with Crippen LogP contribution in [0.4, 0.5) is 0 Å². The molecule has 0 aliphatic carbocycles. The molecule has 0 aliphatic rings. The molecular formula is C24H25N3O4. The molecule has 1 atom stereocenters. The summed E-state index contributed by atoms with van der Waals surface area (Å²) >= 11 is 0. The van der Waals surface area contributed by atoms with E-state index in [2.05, 4.69) is 15.3 Å². The molecule has 31 heavy (non-hydrogen) atoms. The van der Waals surface area contributed by atoms with Crippen LogP contribution in [0.2, 0.25) is 0 Å². The lowest BCUT2D eigenvalue weighted by Gasteiger charge is -2.20. The molecule has 0 saturated heterocycles. The molecule has 2 aromatic heterocycles. The molecule has 0 unspecified atom stereocenters. The minimum atomic E-state index is -0.370. The van der Waals surface area contributed by atoms with E-state index in [1.54, 1.807) is 19.1 Å². The van der Waals surface area contributed by atoms with Gasteiger partial charge in [0.25, 0.3) is 5.91 Å². The lowest BCUT2D eigenvalue weighted by atomic mass is 10.0. The number of benzene rings is 2. The van der Waals surface area contributed by atoms with Crippen LogP contribution >= 0.6 is 0 Å². The van der Waals surface area contributed by atoms with Crippen molar-refractivity contribution < 1.29 is 13.9 Å². The van der Waals surface area contributed by atoms with Gasteiger partial charge in [0, 0.05) is 17.0 Å². The normalized spacial score (nSPS) is 12.4. The Hall–Kier alpha value is -3.61. The molecule has 2 heterocycles. The minimum absolute atomic E-state index is 0.130. The van der Waals surface area contributed by atoms with Gasteiger partial charge in [0.2, 0.25) is 0 Å². The van der Waals surface area contributed by atoms with E-state index in [0.29, 0.717) is 22.7 Å². The summed E-state index contributed by atoms with van der Waals surface area (Å²) in [6.45, 7) is 7.50.